The first kappa shape index (κ1) is 16.0. The summed E-state index contributed by atoms with van der Waals surface area (Å²) < 4.78 is 18.3. The molecule has 0 saturated carbocycles. The van der Waals surface area contributed by atoms with Crippen LogP contribution in [0.3, 0.4) is 0 Å². The summed E-state index contributed by atoms with van der Waals surface area (Å²) in [6.45, 7) is 1.35. The Morgan fingerprint density at radius 1 is 1.21 bits per heavy atom. The van der Waals surface area contributed by atoms with Crippen molar-refractivity contribution in [2.75, 3.05) is 23.3 Å². The number of amides is 1. The highest BCUT2D eigenvalue weighted by atomic mass is 19.1. The molecule has 1 saturated heterocycles. The maximum absolute atomic E-state index is 12.9. The minimum Gasteiger partial charge on any atom is -0.506 e. The largest absolute Gasteiger partial charge is 0.506 e. The smallest absolute Gasteiger partial charge is 0.413 e. The third kappa shape index (κ3) is 4.09. The number of hydrogen-bond acceptors (Lipinski definition) is 6. The molecular formula is C16H17FN4O3. The van der Waals surface area contributed by atoms with Crippen molar-refractivity contribution in [1.29, 1.82) is 0 Å². The van der Waals surface area contributed by atoms with Gasteiger partial charge in [0.25, 0.3) is 0 Å². The van der Waals surface area contributed by atoms with Crippen molar-refractivity contribution < 1.29 is 19.0 Å². The van der Waals surface area contributed by atoms with Crippen molar-refractivity contribution in [2.24, 2.45) is 0 Å². The van der Waals surface area contributed by atoms with Crippen molar-refractivity contribution in [3.05, 3.63) is 42.5 Å². The van der Waals surface area contributed by atoms with Crippen LogP contribution in [0.25, 0.3) is 0 Å². The SMILES string of the molecule is O=C(Nc1ccc(O)cn1)OC1CCN(c2ccc(F)cn2)CC1. The molecule has 2 N–H and O–H groups in total. The molecule has 0 spiro atoms. The summed E-state index contributed by atoms with van der Waals surface area (Å²) in [6.07, 6.45) is 2.98. The van der Waals surface area contributed by atoms with Gasteiger partial charge in [0.05, 0.1) is 12.4 Å². The Labute approximate surface area is 138 Å². The third-order valence-electron chi connectivity index (χ3n) is 3.73. The molecule has 1 aliphatic rings. The maximum atomic E-state index is 12.9. The lowest BCUT2D eigenvalue weighted by molar-refractivity contribution is 0.0949. The molecule has 7 nitrogen and oxygen atoms in total. The van der Waals surface area contributed by atoms with Gasteiger partial charge >= 0.3 is 6.09 Å². The van der Waals surface area contributed by atoms with Crippen LogP contribution in [-0.2, 0) is 4.74 Å². The number of ether oxygens (including phenoxy) is 1. The van der Waals surface area contributed by atoms with Crippen LogP contribution in [0.2, 0.25) is 0 Å². The number of aromatic hydroxyl groups is 1. The molecule has 2 aromatic heterocycles. The molecule has 3 rings (SSSR count). The summed E-state index contributed by atoms with van der Waals surface area (Å²) in [7, 11) is 0. The van der Waals surface area contributed by atoms with E-state index in [4.69, 9.17) is 9.84 Å². The number of nitrogens with zero attached hydrogens (tertiary/aromatic N) is 3. The predicted molar refractivity (Wildman–Crippen MR) is 85.4 cm³/mol. The average Bonchev–Trinajstić information content (AvgIpc) is 2.58. The van der Waals surface area contributed by atoms with E-state index >= 15 is 0 Å². The average molecular weight is 332 g/mol. The number of carbonyl (C=O) groups is 1. The van der Waals surface area contributed by atoms with Gasteiger partial charge in [0.15, 0.2) is 0 Å². The number of halogens is 1. The Hall–Kier alpha value is -2.90. The van der Waals surface area contributed by atoms with Crippen molar-refractivity contribution in [2.45, 2.75) is 18.9 Å². The molecule has 1 aliphatic heterocycles. The molecule has 8 heteroatoms. The van der Waals surface area contributed by atoms with Crippen LogP contribution in [0.15, 0.2) is 36.7 Å². The van der Waals surface area contributed by atoms with Gasteiger partial charge in [-0.3, -0.25) is 5.32 Å². The fourth-order valence-electron chi connectivity index (χ4n) is 2.50. The van der Waals surface area contributed by atoms with Crippen LogP contribution in [0, 0.1) is 5.82 Å². The molecule has 3 heterocycles. The topological polar surface area (TPSA) is 87.6 Å². The second-order valence-electron chi connectivity index (χ2n) is 5.45. The number of carbonyl (C=O) groups excluding carboxylic acids is 1. The molecule has 1 amide bonds. The number of anilines is 2. The van der Waals surface area contributed by atoms with E-state index in [-0.39, 0.29) is 17.7 Å². The van der Waals surface area contributed by atoms with Crippen molar-refractivity contribution in [1.82, 2.24) is 9.97 Å². The lowest BCUT2D eigenvalue weighted by Gasteiger charge is -2.32. The number of rotatable bonds is 3. The van der Waals surface area contributed by atoms with Gasteiger partial charge in [-0.2, -0.15) is 0 Å². The van der Waals surface area contributed by atoms with E-state index in [1.54, 1.807) is 6.07 Å². The Kier molecular flexibility index (Phi) is 4.74. The lowest BCUT2D eigenvalue weighted by Crippen LogP contribution is -2.38. The van der Waals surface area contributed by atoms with Gasteiger partial charge in [-0.1, -0.05) is 0 Å². The molecular weight excluding hydrogens is 315 g/mol. The van der Waals surface area contributed by atoms with Gasteiger partial charge in [0.2, 0.25) is 0 Å². The first-order valence-electron chi connectivity index (χ1n) is 7.59. The van der Waals surface area contributed by atoms with E-state index in [0.717, 1.165) is 0 Å². The van der Waals surface area contributed by atoms with Crippen LogP contribution >= 0.6 is 0 Å². The monoisotopic (exact) mass is 332 g/mol. The summed E-state index contributed by atoms with van der Waals surface area (Å²) in [5.74, 6) is 0.686. The first-order valence-corrected chi connectivity index (χ1v) is 7.59. The zero-order valence-electron chi connectivity index (χ0n) is 12.9. The molecule has 0 radical (unpaired) electrons. The van der Waals surface area contributed by atoms with Crippen LogP contribution < -0.4 is 10.2 Å². The summed E-state index contributed by atoms with van der Waals surface area (Å²) in [6, 6.07) is 5.93. The number of nitrogens with one attached hydrogen (secondary N) is 1. The van der Waals surface area contributed by atoms with Crippen molar-refractivity contribution in [3.8, 4) is 5.75 Å². The zero-order valence-corrected chi connectivity index (χ0v) is 12.9. The standard InChI is InChI=1S/C16H17FN4O3/c17-11-1-4-15(19-9-11)21-7-5-13(6-8-21)24-16(23)20-14-3-2-12(22)10-18-14/h1-4,9-10,13,22H,5-8H2,(H,18,20,23). The first-order chi connectivity index (χ1) is 11.6. The van der Waals surface area contributed by atoms with Gasteiger partial charge in [-0.05, 0) is 24.3 Å². The summed E-state index contributed by atoms with van der Waals surface area (Å²) in [5.41, 5.74) is 0. The minimum atomic E-state index is -0.577. The van der Waals surface area contributed by atoms with Gasteiger partial charge in [-0.15, -0.1) is 0 Å². The molecule has 2 aromatic rings. The Bertz CT molecular complexity index is 685. The second-order valence-corrected chi connectivity index (χ2v) is 5.45. The second kappa shape index (κ2) is 7.12. The normalized spacial score (nSPS) is 15.1. The fourth-order valence-corrected chi connectivity index (χ4v) is 2.50. The molecule has 0 bridgehead atoms. The highest BCUT2D eigenvalue weighted by Gasteiger charge is 2.23. The fraction of sp³-hybridized carbons (Fsp3) is 0.312. The van der Waals surface area contributed by atoms with Crippen LogP contribution in [-0.4, -0.2) is 40.4 Å². The van der Waals surface area contributed by atoms with Gasteiger partial charge < -0.3 is 14.7 Å². The Morgan fingerprint density at radius 3 is 2.62 bits per heavy atom. The number of piperidine rings is 1. The quantitative estimate of drug-likeness (QED) is 0.898. The van der Waals surface area contributed by atoms with E-state index in [1.807, 2.05) is 4.90 Å². The maximum Gasteiger partial charge on any atom is 0.413 e. The van der Waals surface area contributed by atoms with E-state index in [2.05, 4.69) is 15.3 Å². The molecule has 1 fully saturated rings. The van der Waals surface area contributed by atoms with E-state index in [0.29, 0.717) is 37.6 Å². The molecule has 0 unspecified atom stereocenters. The third-order valence-corrected chi connectivity index (χ3v) is 3.73. The van der Waals surface area contributed by atoms with Gasteiger partial charge in [-0.25, -0.2) is 19.2 Å². The zero-order chi connectivity index (χ0) is 16.9. The van der Waals surface area contributed by atoms with Crippen molar-refractivity contribution >= 4 is 17.7 Å². The number of aromatic nitrogens is 2. The molecule has 0 aromatic carbocycles. The Morgan fingerprint density at radius 2 is 2.00 bits per heavy atom. The van der Waals surface area contributed by atoms with Crippen molar-refractivity contribution in [3.63, 3.8) is 0 Å². The van der Waals surface area contributed by atoms with Crippen LogP contribution in [0.4, 0.5) is 20.8 Å². The van der Waals surface area contributed by atoms with Gasteiger partial charge in [0.1, 0.15) is 29.3 Å². The molecule has 126 valence electrons. The summed E-state index contributed by atoms with van der Waals surface area (Å²) >= 11 is 0. The van der Waals surface area contributed by atoms with E-state index in [1.165, 1.54) is 30.6 Å². The summed E-state index contributed by atoms with van der Waals surface area (Å²) in [5, 5.41) is 11.7. The van der Waals surface area contributed by atoms with Crippen LogP contribution in [0.5, 0.6) is 5.75 Å². The molecule has 0 aliphatic carbocycles. The van der Waals surface area contributed by atoms with E-state index in [9.17, 15) is 9.18 Å². The lowest BCUT2D eigenvalue weighted by atomic mass is 10.1. The molecule has 24 heavy (non-hydrogen) atoms. The predicted octanol–water partition coefficient (Wildman–Crippen LogP) is 2.54. The Balaban J connectivity index is 1.47. The molecule has 0 atom stereocenters. The number of hydrogen-bond donors (Lipinski definition) is 2. The van der Waals surface area contributed by atoms with Crippen LogP contribution in [0.1, 0.15) is 12.8 Å². The highest BCUT2D eigenvalue weighted by Crippen LogP contribution is 2.20. The van der Waals surface area contributed by atoms with E-state index < -0.39 is 6.09 Å². The minimum absolute atomic E-state index is 0.0238. The highest BCUT2D eigenvalue weighted by molar-refractivity contribution is 5.83. The number of pyridine rings is 2. The van der Waals surface area contributed by atoms with Gasteiger partial charge in [0, 0.05) is 25.9 Å². The summed E-state index contributed by atoms with van der Waals surface area (Å²) in [4.78, 5) is 21.8.